The van der Waals surface area contributed by atoms with Gasteiger partial charge < -0.3 is 4.90 Å². The smallest absolute Gasteiger partial charge is 0.260 e. The first-order chi connectivity index (χ1) is 18.9. The highest BCUT2D eigenvalue weighted by molar-refractivity contribution is 8.01. The first-order valence-corrected chi connectivity index (χ1v) is 15.2. The fourth-order valence-corrected chi connectivity index (χ4v) is 7.19. The van der Waals surface area contributed by atoms with Crippen LogP contribution in [0.2, 0.25) is 0 Å². The Morgan fingerprint density at radius 3 is 2.51 bits per heavy atom. The van der Waals surface area contributed by atoms with E-state index in [1.165, 1.54) is 12.8 Å². The van der Waals surface area contributed by atoms with Crippen molar-refractivity contribution >= 4 is 32.6 Å². The molecule has 3 aliphatic rings. The summed E-state index contributed by atoms with van der Waals surface area (Å²) < 4.78 is 29.4. The van der Waals surface area contributed by atoms with Gasteiger partial charge in [0.1, 0.15) is 0 Å². The Hall–Kier alpha value is -3.49. The maximum atomic E-state index is 13.7. The van der Waals surface area contributed by atoms with Crippen LogP contribution in [0.1, 0.15) is 48.1 Å². The van der Waals surface area contributed by atoms with Crippen LogP contribution >= 0.6 is 0 Å². The van der Waals surface area contributed by atoms with Gasteiger partial charge in [0.2, 0.25) is 0 Å². The van der Waals surface area contributed by atoms with E-state index in [2.05, 4.69) is 32.8 Å². The van der Waals surface area contributed by atoms with Crippen molar-refractivity contribution in [2.24, 2.45) is 11.8 Å². The molecule has 2 aliphatic carbocycles. The topological polar surface area (TPSA) is 82.6 Å². The highest BCUT2D eigenvalue weighted by Crippen LogP contribution is 2.33. The van der Waals surface area contributed by atoms with Gasteiger partial charge in [-0.3, -0.25) is 19.4 Å². The number of nitrogens with zero attached hydrogens (tertiary/aromatic N) is 3. The zero-order valence-electron chi connectivity index (χ0n) is 22.2. The van der Waals surface area contributed by atoms with Gasteiger partial charge in [-0.15, -0.1) is 0 Å². The third kappa shape index (κ3) is 5.63. The standard InChI is InChI=1S/C31H34N4O3S/c1-22-18-26-8-5-15-32-30(26)29(19-22)39(37,38)33-27-13-11-25(12-14-27)31(36)35-17-16-34(20-23-9-10-23)21-28(35)24-6-3-2-4-7-24/h2-8,11-15,18,22-23,28,33H,9-10,16-17,19-21H2,1H3/t22?,28-/m1/s1. The van der Waals surface area contributed by atoms with Crippen LogP contribution in [0.5, 0.6) is 0 Å². The Morgan fingerprint density at radius 1 is 1.00 bits per heavy atom. The molecule has 1 saturated carbocycles. The summed E-state index contributed by atoms with van der Waals surface area (Å²) in [6.45, 7) is 5.47. The highest BCUT2D eigenvalue weighted by atomic mass is 32.2. The number of amides is 1. The van der Waals surface area contributed by atoms with Crippen molar-refractivity contribution in [2.45, 2.75) is 32.2 Å². The number of benzene rings is 2. The number of nitrogens with one attached hydrogen (secondary N) is 1. The monoisotopic (exact) mass is 542 g/mol. The lowest BCUT2D eigenvalue weighted by atomic mass is 10.0. The van der Waals surface area contributed by atoms with Gasteiger partial charge in [-0.05, 0) is 72.2 Å². The van der Waals surface area contributed by atoms with Gasteiger partial charge in [0.05, 0.1) is 16.3 Å². The number of rotatable bonds is 7. The molecule has 3 aromatic rings. The van der Waals surface area contributed by atoms with Crippen molar-refractivity contribution in [3.8, 4) is 0 Å². The van der Waals surface area contributed by atoms with Crippen LogP contribution in [0, 0.1) is 11.8 Å². The molecule has 1 amide bonds. The Balaban J connectivity index is 1.21. The molecular formula is C31H34N4O3S. The van der Waals surface area contributed by atoms with E-state index in [1.54, 1.807) is 30.5 Å². The Labute approximate surface area is 229 Å². The summed E-state index contributed by atoms with van der Waals surface area (Å²) in [5.41, 5.74) is 2.11. The summed E-state index contributed by atoms with van der Waals surface area (Å²) in [6.07, 6.45) is 6.68. The van der Waals surface area contributed by atoms with Crippen molar-refractivity contribution in [3.05, 3.63) is 94.6 Å². The summed E-state index contributed by atoms with van der Waals surface area (Å²) in [4.78, 5) is 22.8. The maximum Gasteiger partial charge on any atom is 0.260 e. The van der Waals surface area contributed by atoms with E-state index in [0.717, 1.165) is 36.3 Å². The van der Waals surface area contributed by atoms with Crippen molar-refractivity contribution in [1.82, 2.24) is 14.8 Å². The van der Waals surface area contributed by atoms with E-state index in [9.17, 15) is 13.2 Å². The minimum atomic E-state index is -3.81. The lowest BCUT2D eigenvalue weighted by Gasteiger charge is -2.42. The molecule has 202 valence electrons. The third-order valence-electron chi connectivity index (χ3n) is 7.91. The van der Waals surface area contributed by atoms with Crippen LogP contribution in [0.4, 0.5) is 5.69 Å². The number of sulfonamides is 1. The first-order valence-electron chi connectivity index (χ1n) is 13.7. The van der Waals surface area contributed by atoms with Gasteiger partial charge in [0, 0.05) is 43.6 Å². The summed E-state index contributed by atoms with van der Waals surface area (Å²) in [7, 11) is -3.81. The average Bonchev–Trinajstić information content (AvgIpc) is 3.77. The molecule has 2 atom stereocenters. The van der Waals surface area contributed by atoms with E-state index in [4.69, 9.17) is 0 Å². The van der Waals surface area contributed by atoms with E-state index < -0.39 is 10.0 Å². The summed E-state index contributed by atoms with van der Waals surface area (Å²) in [6, 6.07) is 20.7. The number of fused-ring (bicyclic) bond motifs is 1. The number of carbonyl (C=O) groups excluding carboxylic acids is 1. The van der Waals surface area contributed by atoms with Gasteiger partial charge >= 0.3 is 0 Å². The zero-order chi connectivity index (χ0) is 27.0. The van der Waals surface area contributed by atoms with E-state index in [1.807, 2.05) is 42.2 Å². The number of aromatic nitrogens is 1. The molecule has 0 bridgehead atoms. The lowest BCUT2D eigenvalue weighted by molar-refractivity contribution is 0.0441. The molecule has 0 radical (unpaired) electrons. The van der Waals surface area contributed by atoms with Crippen LogP contribution < -0.4 is 15.3 Å². The van der Waals surface area contributed by atoms with Crippen molar-refractivity contribution < 1.29 is 13.2 Å². The second-order valence-corrected chi connectivity index (χ2v) is 12.7. The molecule has 1 saturated heterocycles. The Morgan fingerprint density at radius 2 is 1.77 bits per heavy atom. The van der Waals surface area contributed by atoms with Gasteiger partial charge in [-0.25, -0.2) is 8.42 Å². The zero-order valence-corrected chi connectivity index (χ0v) is 23.0. The second-order valence-electron chi connectivity index (χ2n) is 11.0. The van der Waals surface area contributed by atoms with Crippen LogP contribution in [-0.2, 0) is 10.0 Å². The molecule has 1 aliphatic heterocycles. The van der Waals surface area contributed by atoms with Gasteiger partial charge in [-0.1, -0.05) is 49.4 Å². The fraction of sp³-hybridized carbons (Fsp3) is 0.355. The number of anilines is 1. The molecule has 8 heteroatoms. The molecule has 2 fully saturated rings. The largest absolute Gasteiger partial charge is 0.329 e. The first kappa shape index (κ1) is 25.8. The highest BCUT2D eigenvalue weighted by Gasteiger charge is 2.34. The quantitative estimate of drug-likeness (QED) is 0.495. The number of carbonyl (C=O) groups is 1. The van der Waals surface area contributed by atoms with Crippen molar-refractivity contribution in [3.63, 3.8) is 0 Å². The third-order valence-corrected chi connectivity index (χ3v) is 9.42. The van der Waals surface area contributed by atoms with Crippen LogP contribution in [-0.4, -0.2) is 55.3 Å². The minimum Gasteiger partial charge on any atom is -0.329 e. The molecule has 1 unspecified atom stereocenters. The molecule has 1 N–H and O–H groups in total. The molecule has 2 heterocycles. The van der Waals surface area contributed by atoms with Crippen LogP contribution in [0.15, 0.2) is 72.9 Å². The van der Waals surface area contributed by atoms with E-state index in [-0.39, 0.29) is 17.9 Å². The number of piperazine rings is 1. The minimum absolute atomic E-state index is 0.0153. The van der Waals surface area contributed by atoms with Crippen LogP contribution in [0.3, 0.4) is 0 Å². The SMILES string of the molecule is CC1C=c2cccnc2=C(S(=O)(=O)Nc2ccc(C(=O)N3CCN(CC4CC4)C[C@@H]3c3ccccc3)cc2)C1. The normalized spacial score (nSPS) is 21.7. The van der Waals surface area contributed by atoms with Gasteiger partial charge in [-0.2, -0.15) is 0 Å². The summed E-state index contributed by atoms with van der Waals surface area (Å²) >= 11 is 0. The molecular weight excluding hydrogens is 508 g/mol. The molecule has 39 heavy (non-hydrogen) atoms. The number of hydrogen-bond acceptors (Lipinski definition) is 5. The van der Waals surface area contributed by atoms with E-state index in [0.29, 0.717) is 34.5 Å². The molecule has 6 rings (SSSR count). The predicted octanol–water partition coefficient (Wildman–Crippen LogP) is 3.36. The molecule has 1 aromatic heterocycles. The van der Waals surface area contributed by atoms with Crippen molar-refractivity contribution in [2.75, 3.05) is 30.9 Å². The second kappa shape index (κ2) is 10.6. The average molecular weight is 543 g/mol. The van der Waals surface area contributed by atoms with E-state index >= 15 is 0 Å². The van der Waals surface area contributed by atoms with Crippen molar-refractivity contribution in [1.29, 1.82) is 0 Å². The number of pyridine rings is 1. The maximum absolute atomic E-state index is 13.7. The molecule has 0 spiro atoms. The summed E-state index contributed by atoms with van der Waals surface area (Å²) in [5, 5.41) is 1.34. The molecule has 2 aromatic carbocycles. The van der Waals surface area contributed by atoms with Gasteiger partial charge in [0.15, 0.2) is 0 Å². The lowest BCUT2D eigenvalue weighted by Crippen LogP contribution is -2.51. The Kier molecular flexibility index (Phi) is 6.99. The summed E-state index contributed by atoms with van der Waals surface area (Å²) in [5.74, 6) is 0.862. The number of hydrogen-bond donors (Lipinski definition) is 1. The molecule has 7 nitrogen and oxygen atoms in total. The van der Waals surface area contributed by atoms with Crippen LogP contribution in [0.25, 0.3) is 11.0 Å². The van der Waals surface area contributed by atoms with Gasteiger partial charge in [0.25, 0.3) is 15.9 Å². The predicted molar refractivity (Wildman–Crippen MR) is 154 cm³/mol. The Bertz CT molecular complexity index is 1580. The fourth-order valence-electron chi connectivity index (χ4n) is 5.71.